The van der Waals surface area contributed by atoms with Crippen LogP contribution in [0.5, 0.6) is 11.5 Å². The SMILES string of the molecule is CCOc1ccc(C(C)=O)cc1CN(C)CC(=O)Nc1cccc(OC)c1. The molecule has 1 amide bonds. The molecule has 0 unspecified atom stereocenters. The highest BCUT2D eigenvalue weighted by molar-refractivity contribution is 5.94. The fourth-order valence-electron chi connectivity index (χ4n) is 2.71. The molecule has 27 heavy (non-hydrogen) atoms. The molecule has 0 atom stereocenters. The molecule has 0 bridgehead atoms. The van der Waals surface area contributed by atoms with E-state index in [-0.39, 0.29) is 18.2 Å². The zero-order valence-corrected chi connectivity index (χ0v) is 16.2. The number of nitrogens with one attached hydrogen (secondary N) is 1. The second-order valence-electron chi connectivity index (χ2n) is 6.26. The lowest BCUT2D eigenvalue weighted by Gasteiger charge is -2.19. The van der Waals surface area contributed by atoms with E-state index in [1.165, 1.54) is 6.92 Å². The molecular formula is C21H26N2O4. The minimum Gasteiger partial charge on any atom is -0.497 e. The number of carbonyl (C=O) groups is 2. The van der Waals surface area contributed by atoms with E-state index in [1.54, 1.807) is 25.3 Å². The van der Waals surface area contributed by atoms with Gasteiger partial charge in [-0.25, -0.2) is 0 Å². The van der Waals surface area contributed by atoms with Crippen LogP contribution in [-0.2, 0) is 11.3 Å². The Kier molecular flexibility index (Phi) is 7.37. The van der Waals surface area contributed by atoms with Crippen molar-refractivity contribution in [3.05, 3.63) is 53.6 Å². The van der Waals surface area contributed by atoms with Crippen molar-refractivity contribution in [3.8, 4) is 11.5 Å². The van der Waals surface area contributed by atoms with Gasteiger partial charge in [-0.3, -0.25) is 14.5 Å². The molecular weight excluding hydrogens is 344 g/mol. The maximum absolute atomic E-state index is 12.3. The Balaban J connectivity index is 2.03. The van der Waals surface area contributed by atoms with Gasteiger partial charge < -0.3 is 14.8 Å². The third-order valence-electron chi connectivity index (χ3n) is 3.97. The molecule has 0 aliphatic heterocycles. The van der Waals surface area contributed by atoms with Gasteiger partial charge in [-0.15, -0.1) is 0 Å². The number of amides is 1. The van der Waals surface area contributed by atoms with Crippen LogP contribution in [0.25, 0.3) is 0 Å². The van der Waals surface area contributed by atoms with Crippen LogP contribution < -0.4 is 14.8 Å². The molecule has 0 aliphatic carbocycles. The monoisotopic (exact) mass is 370 g/mol. The molecule has 0 aliphatic rings. The summed E-state index contributed by atoms with van der Waals surface area (Å²) in [4.78, 5) is 25.8. The summed E-state index contributed by atoms with van der Waals surface area (Å²) in [6, 6.07) is 12.6. The lowest BCUT2D eigenvalue weighted by atomic mass is 10.1. The third-order valence-corrected chi connectivity index (χ3v) is 3.97. The van der Waals surface area contributed by atoms with E-state index in [2.05, 4.69) is 5.32 Å². The Labute approximate surface area is 160 Å². The predicted molar refractivity (Wildman–Crippen MR) is 106 cm³/mol. The summed E-state index contributed by atoms with van der Waals surface area (Å²) >= 11 is 0. The van der Waals surface area contributed by atoms with Gasteiger partial charge in [0.15, 0.2) is 5.78 Å². The van der Waals surface area contributed by atoms with E-state index in [0.717, 1.165) is 11.3 Å². The molecule has 0 spiro atoms. The Morgan fingerprint density at radius 2 is 1.93 bits per heavy atom. The van der Waals surface area contributed by atoms with Crippen molar-refractivity contribution in [1.29, 1.82) is 0 Å². The van der Waals surface area contributed by atoms with E-state index in [1.807, 2.05) is 43.1 Å². The van der Waals surface area contributed by atoms with E-state index >= 15 is 0 Å². The summed E-state index contributed by atoms with van der Waals surface area (Å²) in [6.45, 7) is 4.67. The Hall–Kier alpha value is -2.86. The number of nitrogens with zero attached hydrogens (tertiary/aromatic N) is 1. The van der Waals surface area contributed by atoms with Gasteiger partial charge in [0, 0.05) is 29.4 Å². The van der Waals surface area contributed by atoms with Crippen LogP contribution in [0.1, 0.15) is 29.8 Å². The van der Waals surface area contributed by atoms with Crippen LogP contribution in [0, 0.1) is 0 Å². The molecule has 0 aromatic heterocycles. The number of anilines is 1. The van der Waals surface area contributed by atoms with Gasteiger partial charge in [-0.2, -0.15) is 0 Å². The summed E-state index contributed by atoms with van der Waals surface area (Å²) < 4.78 is 10.8. The first-order valence-electron chi connectivity index (χ1n) is 8.82. The van der Waals surface area contributed by atoms with E-state index in [9.17, 15) is 9.59 Å². The maximum Gasteiger partial charge on any atom is 0.238 e. The number of benzene rings is 2. The van der Waals surface area contributed by atoms with E-state index < -0.39 is 0 Å². The van der Waals surface area contributed by atoms with Crippen molar-refractivity contribution < 1.29 is 19.1 Å². The van der Waals surface area contributed by atoms with Gasteiger partial charge in [0.1, 0.15) is 11.5 Å². The molecule has 0 saturated heterocycles. The summed E-state index contributed by atoms with van der Waals surface area (Å²) in [6.07, 6.45) is 0. The first-order valence-corrected chi connectivity index (χ1v) is 8.82. The minimum absolute atomic E-state index is 0.00211. The number of hydrogen-bond acceptors (Lipinski definition) is 5. The second-order valence-corrected chi connectivity index (χ2v) is 6.26. The molecule has 144 valence electrons. The average molecular weight is 370 g/mol. The number of carbonyl (C=O) groups excluding carboxylic acids is 2. The number of rotatable bonds is 9. The van der Waals surface area contributed by atoms with Crippen molar-refractivity contribution in [2.45, 2.75) is 20.4 Å². The number of Topliss-reactive ketones (excluding diaryl/α,β-unsaturated/α-hetero) is 1. The summed E-state index contributed by atoms with van der Waals surface area (Å²) in [7, 11) is 3.43. The maximum atomic E-state index is 12.3. The van der Waals surface area contributed by atoms with Crippen molar-refractivity contribution in [1.82, 2.24) is 4.90 Å². The van der Waals surface area contributed by atoms with Crippen molar-refractivity contribution in [2.24, 2.45) is 0 Å². The Morgan fingerprint density at radius 3 is 2.59 bits per heavy atom. The highest BCUT2D eigenvalue weighted by atomic mass is 16.5. The average Bonchev–Trinajstić information content (AvgIpc) is 2.63. The van der Waals surface area contributed by atoms with Gasteiger partial charge in [-0.05, 0) is 51.2 Å². The molecule has 2 aromatic rings. The van der Waals surface area contributed by atoms with Crippen molar-refractivity contribution in [2.75, 3.05) is 32.6 Å². The van der Waals surface area contributed by atoms with Crippen LogP contribution in [0.3, 0.4) is 0 Å². The lowest BCUT2D eigenvalue weighted by molar-refractivity contribution is -0.117. The predicted octanol–water partition coefficient (Wildman–Crippen LogP) is 3.37. The molecule has 2 aromatic carbocycles. The third kappa shape index (κ3) is 6.11. The fourth-order valence-corrected chi connectivity index (χ4v) is 2.71. The zero-order chi connectivity index (χ0) is 19.8. The van der Waals surface area contributed by atoms with Gasteiger partial charge in [0.2, 0.25) is 5.91 Å². The van der Waals surface area contributed by atoms with Gasteiger partial charge >= 0.3 is 0 Å². The number of likely N-dealkylation sites (N-methyl/N-ethyl adjacent to an activating group) is 1. The number of ether oxygens (including phenoxy) is 2. The molecule has 6 heteroatoms. The van der Waals surface area contributed by atoms with Crippen LogP contribution in [-0.4, -0.2) is 43.9 Å². The smallest absolute Gasteiger partial charge is 0.238 e. The van der Waals surface area contributed by atoms with E-state index in [0.29, 0.717) is 30.2 Å². The standard InChI is InChI=1S/C21H26N2O4/c1-5-27-20-10-9-16(15(2)24)11-17(20)13-23(3)14-21(25)22-18-7-6-8-19(12-18)26-4/h6-12H,5,13-14H2,1-4H3,(H,22,25). The summed E-state index contributed by atoms with van der Waals surface area (Å²) in [5, 5.41) is 2.86. The molecule has 2 rings (SSSR count). The zero-order valence-electron chi connectivity index (χ0n) is 16.2. The quantitative estimate of drug-likeness (QED) is 0.686. The fraction of sp³-hybridized carbons (Fsp3) is 0.333. The molecule has 6 nitrogen and oxygen atoms in total. The number of methoxy groups -OCH3 is 1. The highest BCUT2D eigenvalue weighted by Gasteiger charge is 2.13. The van der Waals surface area contributed by atoms with Crippen LogP contribution in [0.4, 0.5) is 5.69 Å². The van der Waals surface area contributed by atoms with Crippen LogP contribution in [0.15, 0.2) is 42.5 Å². The Bertz CT molecular complexity index is 805. The molecule has 0 saturated carbocycles. The second kappa shape index (κ2) is 9.73. The van der Waals surface area contributed by atoms with Crippen LogP contribution in [0.2, 0.25) is 0 Å². The topological polar surface area (TPSA) is 67.9 Å². The minimum atomic E-state index is -0.133. The highest BCUT2D eigenvalue weighted by Crippen LogP contribution is 2.22. The Morgan fingerprint density at radius 1 is 1.15 bits per heavy atom. The van der Waals surface area contributed by atoms with Gasteiger partial charge in [0.05, 0.1) is 20.3 Å². The first-order chi connectivity index (χ1) is 12.9. The largest absolute Gasteiger partial charge is 0.497 e. The molecule has 0 fully saturated rings. The lowest BCUT2D eigenvalue weighted by Crippen LogP contribution is -2.30. The number of ketones is 1. The van der Waals surface area contributed by atoms with Crippen molar-refractivity contribution >= 4 is 17.4 Å². The van der Waals surface area contributed by atoms with Gasteiger partial charge in [0.25, 0.3) is 0 Å². The summed E-state index contributed by atoms with van der Waals surface area (Å²) in [5.41, 5.74) is 2.19. The van der Waals surface area contributed by atoms with Crippen LogP contribution >= 0.6 is 0 Å². The van der Waals surface area contributed by atoms with Crippen molar-refractivity contribution in [3.63, 3.8) is 0 Å². The normalized spacial score (nSPS) is 10.6. The van der Waals surface area contributed by atoms with Gasteiger partial charge in [-0.1, -0.05) is 6.07 Å². The molecule has 0 radical (unpaired) electrons. The van der Waals surface area contributed by atoms with E-state index in [4.69, 9.17) is 9.47 Å². The molecule has 0 heterocycles. The summed E-state index contributed by atoms with van der Waals surface area (Å²) in [5.74, 6) is 1.27. The first kappa shape index (κ1) is 20.5. The molecule has 1 N–H and O–H groups in total. The number of hydrogen-bond donors (Lipinski definition) is 1.